The predicted molar refractivity (Wildman–Crippen MR) is 82.5 cm³/mol. The molecule has 1 N–H and O–H groups in total. The second-order valence-electron chi connectivity index (χ2n) is 4.66. The van der Waals surface area contributed by atoms with Crippen molar-refractivity contribution < 1.29 is 19.4 Å². The normalized spacial score (nSPS) is 10.0. The molecular weight excluding hydrogens is 282 g/mol. The Bertz CT molecular complexity index is 613. The van der Waals surface area contributed by atoms with Crippen molar-refractivity contribution in [3.8, 4) is 0 Å². The van der Waals surface area contributed by atoms with Gasteiger partial charge in [0.05, 0.1) is 6.54 Å². The van der Waals surface area contributed by atoms with E-state index >= 15 is 0 Å². The van der Waals surface area contributed by atoms with Gasteiger partial charge in [0.25, 0.3) is 0 Å². The number of hydrogen-bond donors (Lipinski definition) is 1. The fourth-order valence-electron chi connectivity index (χ4n) is 1.89. The first kappa shape index (κ1) is 15.7. The zero-order valence-corrected chi connectivity index (χ0v) is 12.0. The molecule has 0 spiro atoms. The topological polar surface area (TPSA) is 66.8 Å². The SMILES string of the molecule is O=C(CO)CN(C(=O)OCc1ccccc1)c1ccccc1. The first-order valence-electron chi connectivity index (χ1n) is 6.86. The average Bonchev–Trinajstić information content (AvgIpc) is 2.59. The van der Waals surface area contributed by atoms with Crippen LogP contribution in [-0.4, -0.2) is 30.1 Å². The lowest BCUT2D eigenvalue weighted by molar-refractivity contribution is -0.120. The van der Waals surface area contributed by atoms with Gasteiger partial charge in [-0.3, -0.25) is 9.69 Å². The molecule has 0 aliphatic heterocycles. The number of Topliss-reactive ketones (excluding diaryl/α,β-unsaturated/α-hetero) is 1. The lowest BCUT2D eigenvalue weighted by Gasteiger charge is -2.21. The van der Waals surface area contributed by atoms with E-state index in [0.717, 1.165) is 5.56 Å². The molecule has 0 unspecified atom stereocenters. The molecule has 1 amide bonds. The zero-order chi connectivity index (χ0) is 15.8. The van der Waals surface area contributed by atoms with Gasteiger partial charge in [0.15, 0.2) is 5.78 Å². The van der Waals surface area contributed by atoms with E-state index in [1.807, 2.05) is 36.4 Å². The monoisotopic (exact) mass is 299 g/mol. The first-order valence-corrected chi connectivity index (χ1v) is 6.86. The van der Waals surface area contributed by atoms with E-state index in [1.54, 1.807) is 24.3 Å². The Morgan fingerprint density at radius 3 is 2.14 bits per heavy atom. The molecular formula is C17H17NO4. The molecule has 2 rings (SSSR count). The number of benzene rings is 2. The Morgan fingerprint density at radius 1 is 0.955 bits per heavy atom. The van der Waals surface area contributed by atoms with Gasteiger partial charge in [0.1, 0.15) is 13.2 Å². The molecule has 2 aromatic carbocycles. The minimum Gasteiger partial charge on any atom is -0.444 e. The predicted octanol–water partition coefficient (Wildman–Crippen LogP) is 2.39. The van der Waals surface area contributed by atoms with Crippen LogP contribution in [0.25, 0.3) is 0 Å². The largest absolute Gasteiger partial charge is 0.444 e. The number of carbonyl (C=O) groups excluding carboxylic acids is 2. The van der Waals surface area contributed by atoms with Crippen LogP contribution in [0.3, 0.4) is 0 Å². The lowest BCUT2D eigenvalue weighted by Crippen LogP contribution is -2.37. The maximum absolute atomic E-state index is 12.2. The Morgan fingerprint density at radius 2 is 1.55 bits per heavy atom. The molecule has 5 heteroatoms. The molecule has 114 valence electrons. The Kier molecular flexibility index (Phi) is 5.68. The molecule has 0 bridgehead atoms. The fourth-order valence-corrected chi connectivity index (χ4v) is 1.89. The second kappa shape index (κ2) is 7.95. The molecule has 2 aromatic rings. The third-order valence-corrected chi connectivity index (χ3v) is 3.00. The van der Waals surface area contributed by atoms with E-state index < -0.39 is 18.5 Å². The van der Waals surface area contributed by atoms with Crippen molar-refractivity contribution in [2.75, 3.05) is 18.1 Å². The summed E-state index contributed by atoms with van der Waals surface area (Å²) < 4.78 is 5.24. The summed E-state index contributed by atoms with van der Waals surface area (Å²) in [6.45, 7) is -0.722. The van der Waals surface area contributed by atoms with Crippen LogP contribution in [0.4, 0.5) is 10.5 Å². The van der Waals surface area contributed by atoms with Crippen molar-refractivity contribution in [3.05, 3.63) is 66.2 Å². The molecule has 0 heterocycles. The number of rotatable bonds is 6. The standard InChI is InChI=1S/C17H17NO4/c19-12-16(20)11-18(15-9-5-2-6-10-15)17(21)22-13-14-7-3-1-4-8-14/h1-10,19H,11-13H2. The highest BCUT2D eigenvalue weighted by molar-refractivity contribution is 5.95. The summed E-state index contributed by atoms with van der Waals surface area (Å²) in [6, 6.07) is 18.0. The van der Waals surface area contributed by atoms with E-state index in [4.69, 9.17) is 9.84 Å². The van der Waals surface area contributed by atoms with Gasteiger partial charge in [-0.2, -0.15) is 0 Å². The molecule has 0 aromatic heterocycles. The van der Waals surface area contributed by atoms with Gasteiger partial charge in [0, 0.05) is 5.69 Å². The molecule has 5 nitrogen and oxygen atoms in total. The molecule has 0 fully saturated rings. The van der Waals surface area contributed by atoms with Gasteiger partial charge in [-0.25, -0.2) is 4.79 Å². The highest BCUT2D eigenvalue weighted by Crippen LogP contribution is 2.15. The van der Waals surface area contributed by atoms with Crippen LogP contribution < -0.4 is 4.90 Å². The second-order valence-corrected chi connectivity index (χ2v) is 4.66. The molecule has 0 aliphatic carbocycles. The summed E-state index contributed by atoms with van der Waals surface area (Å²) in [6.07, 6.45) is -0.628. The average molecular weight is 299 g/mol. The van der Waals surface area contributed by atoms with Crippen molar-refractivity contribution >= 4 is 17.6 Å². The van der Waals surface area contributed by atoms with Crippen molar-refractivity contribution in [1.82, 2.24) is 0 Å². The van der Waals surface area contributed by atoms with Gasteiger partial charge in [-0.1, -0.05) is 48.5 Å². The number of aliphatic hydroxyl groups excluding tert-OH is 1. The van der Waals surface area contributed by atoms with Crippen molar-refractivity contribution in [1.29, 1.82) is 0 Å². The lowest BCUT2D eigenvalue weighted by atomic mass is 10.2. The van der Waals surface area contributed by atoms with E-state index in [-0.39, 0.29) is 13.2 Å². The number of para-hydroxylation sites is 1. The van der Waals surface area contributed by atoms with E-state index in [9.17, 15) is 9.59 Å². The number of hydrogen-bond acceptors (Lipinski definition) is 4. The third-order valence-electron chi connectivity index (χ3n) is 3.00. The Balaban J connectivity index is 2.07. The van der Waals surface area contributed by atoms with Crippen LogP contribution >= 0.6 is 0 Å². The zero-order valence-electron chi connectivity index (χ0n) is 12.0. The van der Waals surface area contributed by atoms with Crippen LogP contribution in [0.2, 0.25) is 0 Å². The van der Waals surface area contributed by atoms with Crippen LogP contribution in [-0.2, 0) is 16.1 Å². The molecule has 0 atom stereocenters. The number of amides is 1. The van der Waals surface area contributed by atoms with Crippen LogP contribution in [0, 0.1) is 0 Å². The molecule has 0 aliphatic rings. The summed E-state index contributed by atoms with van der Waals surface area (Å²) >= 11 is 0. The smallest absolute Gasteiger partial charge is 0.415 e. The van der Waals surface area contributed by atoms with Gasteiger partial charge in [-0.15, -0.1) is 0 Å². The van der Waals surface area contributed by atoms with Crippen LogP contribution in [0.1, 0.15) is 5.56 Å². The molecule has 0 radical (unpaired) electrons. The number of aliphatic hydroxyl groups is 1. The maximum atomic E-state index is 12.2. The van der Waals surface area contributed by atoms with Gasteiger partial charge >= 0.3 is 6.09 Å². The Labute approximate surface area is 128 Å². The number of anilines is 1. The minimum atomic E-state index is -0.628. The highest BCUT2D eigenvalue weighted by atomic mass is 16.6. The maximum Gasteiger partial charge on any atom is 0.415 e. The number of carbonyl (C=O) groups is 2. The number of ketones is 1. The van der Waals surface area contributed by atoms with Gasteiger partial charge in [0.2, 0.25) is 0 Å². The summed E-state index contributed by atoms with van der Waals surface area (Å²) in [7, 11) is 0. The van der Waals surface area contributed by atoms with Crippen molar-refractivity contribution in [2.24, 2.45) is 0 Å². The third kappa shape index (κ3) is 4.43. The van der Waals surface area contributed by atoms with Gasteiger partial charge < -0.3 is 9.84 Å². The number of ether oxygens (including phenoxy) is 1. The quantitative estimate of drug-likeness (QED) is 0.889. The fraction of sp³-hybridized carbons (Fsp3) is 0.176. The van der Waals surface area contributed by atoms with E-state index in [2.05, 4.69) is 0 Å². The van der Waals surface area contributed by atoms with Crippen molar-refractivity contribution in [3.63, 3.8) is 0 Å². The summed E-state index contributed by atoms with van der Waals surface area (Å²) in [5.74, 6) is -0.458. The van der Waals surface area contributed by atoms with Gasteiger partial charge in [-0.05, 0) is 17.7 Å². The molecule has 0 saturated heterocycles. The van der Waals surface area contributed by atoms with Crippen LogP contribution in [0.5, 0.6) is 0 Å². The molecule has 0 saturated carbocycles. The number of nitrogens with zero attached hydrogens (tertiary/aromatic N) is 1. The highest BCUT2D eigenvalue weighted by Gasteiger charge is 2.20. The summed E-state index contributed by atoms with van der Waals surface area (Å²) in [5, 5.41) is 8.89. The van der Waals surface area contributed by atoms with Crippen LogP contribution in [0.15, 0.2) is 60.7 Å². The summed E-state index contributed by atoms with van der Waals surface area (Å²) in [4.78, 5) is 24.9. The van der Waals surface area contributed by atoms with Crippen molar-refractivity contribution in [2.45, 2.75) is 6.61 Å². The van der Waals surface area contributed by atoms with E-state index in [0.29, 0.717) is 5.69 Å². The summed E-state index contributed by atoms with van der Waals surface area (Å²) in [5.41, 5.74) is 1.40. The minimum absolute atomic E-state index is 0.121. The Hall–Kier alpha value is -2.66. The first-order chi connectivity index (χ1) is 10.7. The van der Waals surface area contributed by atoms with E-state index in [1.165, 1.54) is 4.90 Å². The molecule has 22 heavy (non-hydrogen) atoms.